The van der Waals surface area contributed by atoms with Crippen LogP contribution in [0.4, 0.5) is 0 Å². The zero-order valence-corrected chi connectivity index (χ0v) is 17.8. The first-order chi connectivity index (χ1) is 14.7. The topological polar surface area (TPSA) is 185 Å². The lowest BCUT2D eigenvalue weighted by Crippen LogP contribution is -2.69. The third-order valence-electron chi connectivity index (χ3n) is 5.24. The number of aliphatic hydroxyl groups is 4. The molecule has 6 N–H and O–H groups in total. The molecule has 0 aliphatic carbocycles. The molecule has 2 saturated heterocycles. The predicted octanol–water partition coefficient (Wildman–Crippen LogP) is -3.80. The Morgan fingerprint density at radius 3 is 1.71 bits per heavy atom. The van der Waals surface area contributed by atoms with E-state index in [2.05, 4.69) is 10.6 Å². The summed E-state index contributed by atoms with van der Waals surface area (Å²) in [6, 6.07) is -2.17. The van der Waals surface area contributed by atoms with Crippen molar-refractivity contribution in [3.63, 3.8) is 0 Å². The summed E-state index contributed by atoms with van der Waals surface area (Å²) in [6.07, 6.45) is -9.45. The summed E-state index contributed by atoms with van der Waals surface area (Å²) in [5.74, 6) is -0.951. The maximum atomic E-state index is 11.7. The van der Waals surface area contributed by atoms with Crippen molar-refractivity contribution in [1.29, 1.82) is 0 Å². The Morgan fingerprint density at radius 2 is 1.26 bits per heavy atom. The molecule has 13 nitrogen and oxygen atoms in total. The first-order valence-corrected chi connectivity index (χ1v) is 9.82. The van der Waals surface area contributed by atoms with Crippen molar-refractivity contribution in [3.05, 3.63) is 0 Å². The summed E-state index contributed by atoms with van der Waals surface area (Å²) in [5, 5.41) is 46.0. The van der Waals surface area contributed by atoms with Crippen LogP contribution in [0.3, 0.4) is 0 Å². The number of hydrogen-bond acceptors (Lipinski definition) is 11. The van der Waals surface area contributed by atoms with Gasteiger partial charge < -0.3 is 54.7 Å². The minimum absolute atomic E-state index is 0.459. The van der Waals surface area contributed by atoms with Gasteiger partial charge in [0.05, 0.1) is 13.2 Å². The van der Waals surface area contributed by atoms with Crippen molar-refractivity contribution >= 4 is 11.8 Å². The molecule has 180 valence electrons. The zero-order valence-electron chi connectivity index (χ0n) is 17.8. The molecule has 0 aromatic rings. The Bertz CT molecular complexity index is 609. The van der Waals surface area contributed by atoms with Crippen LogP contribution in [0, 0.1) is 0 Å². The summed E-state index contributed by atoms with van der Waals surface area (Å²) in [6.45, 7) is 1.39. The van der Waals surface area contributed by atoms with Crippen LogP contribution >= 0.6 is 0 Å². The number of carbonyl (C=O) groups is 2. The number of ether oxygens (including phenoxy) is 5. The molecule has 0 radical (unpaired) electrons. The molecule has 0 aromatic carbocycles. The van der Waals surface area contributed by atoms with Gasteiger partial charge in [-0.2, -0.15) is 0 Å². The number of aliphatic hydroxyl groups excluding tert-OH is 4. The van der Waals surface area contributed by atoms with Crippen LogP contribution in [0.1, 0.15) is 13.8 Å². The number of methoxy groups -OCH3 is 2. The molecule has 2 aliphatic rings. The van der Waals surface area contributed by atoms with Crippen LogP contribution in [0.2, 0.25) is 0 Å². The molecule has 10 atom stereocenters. The van der Waals surface area contributed by atoms with E-state index >= 15 is 0 Å². The molecule has 31 heavy (non-hydrogen) atoms. The first-order valence-electron chi connectivity index (χ1n) is 9.82. The maximum absolute atomic E-state index is 11.7. The summed E-state index contributed by atoms with van der Waals surface area (Å²) in [5.41, 5.74) is 0. The van der Waals surface area contributed by atoms with Gasteiger partial charge in [0.2, 0.25) is 11.8 Å². The highest BCUT2D eigenvalue weighted by molar-refractivity contribution is 5.73. The lowest BCUT2D eigenvalue weighted by Gasteiger charge is -2.48. The molecule has 0 aromatic heterocycles. The van der Waals surface area contributed by atoms with Crippen LogP contribution in [0.15, 0.2) is 0 Å². The summed E-state index contributed by atoms with van der Waals surface area (Å²) in [4.78, 5) is 23.2. The quantitative estimate of drug-likeness (QED) is 0.212. The Kier molecular flexibility index (Phi) is 9.54. The second-order valence-electron chi connectivity index (χ2n) is 7.42. The van der Waals surface area contributed by atoms with E-state index in [4.69, 9.17) is 23.7 Å². The van der Waals surface area contributed by atoms with Crippen molar-refractivity contribution in [1.82, 2.24) is 10.6 Å². The van der Waals surface area contributed by atoms with Crippen molar-refractivity contribution in [2.24, 2.45) is 0 Å². The zero-order chi connectivity index (χ0) is 23.3. The Morgan fingerprint density at radius 1 is 0.806 bits per heavy atom. The van der Waals surface area contributed by atoms with E-state index in [1.807, 2.05) is 0 Å². The predicted molar refractivity (Wildman–Crippen MR) is 101 cm³/mol. The van der Waals surface area contributed by atoms with Gasteiger partial charge in [-0.3, -0.25) is 9.59 Å². The monoisotopic (exact) mass is 452 g/mol. The molecule has 0 saturated carbocycles. The first kappa shape index (κ1) is 25.8. The van der Waals surface area contributed by atoms with Crippen molar-refractivity contribution in [3.8, 4) is 0 Å². The molecular weight excluding hydrogens is 420 g/mol. The molecule has 2 amide bonds. The van der Waals surface area contributed by atoms with Gasteiger partial charge in [0, 0.05) is 28.1 Å². The van der Waals surface area contributed by atoms with E-state index < -0.39 is 86.3 Å². The molecule has 4 unspecified atom stereocenters. The van der Waals surface area contributed by atoms with Gasteiger partial charge in [-0.25, -0.2) is 0 Å². The van der Waals surface area contributed by atoms with E-state index in [9.17, 15) is 30.0 Å². The van der Waals surface area contributed by atoms with Crippen LogP contribution in [0.25, 0.3) is 0 Å². The average Bonchev–Trinajstić information content (AvgIpc) is 2.72. The highest BCUT2D eigenvalue weighted by Crippen LogP contribution is 2.30. The normalized spacial score (nSPS) is 40.9. The van der Waals surface area contributed by atoms with Gasteiger partial charge in [0.25, 0.3) is 0 Å². The second-order valence-corrected chi connectivity index (χ2v) is 7.42. The van der Waals surface area contributed by atoms with Gasteiger partial charge in [-0.1, -0.05) is 0 Å². The largest absolute Gasteiger partial charge is 0.394 e. The van der Waals surface area contributed by atoms with Crippen LogP contribution in [-0.4, -0.2) is 121 Å². The Labute approximate surface area is 179 Å². The van der Waals surface area contributed by atoms with Crippen LogP contribution in [-0.2, 0) is 33.3 Å². The maximum Gasteiger partial charge on any atom is 0.217 e. The third kappa shape index (κ3) is 5.88. The number of carbonyl (C=O) groups excluding carboxylic acids is 2. The highest BCUT2D eigenvalue weighted by Gasteiger charge is 2.52. The van der Waals surface area contributed by atoms with Crippen LogP contribution < -0.4 is 10.6 Å². The van der Waals surface area contributed by atoms with E-state index in [0.717, 1.165) is 0 Å². The summed E-state index contributed by atoms with van der Waals surface area (Å²) in [7, 11) is 2.63. The number of amides is 2. The molecular formula is C18H32N2O11. The lowest BCUT2D eigenvalue weighted by molar-refractivity contribution is -0.331. The van der Waals surface area contributed by atoms with Gasteiger partial charge in [0.15, 0.2) is 12.6 Å². The van der Waals surface area contributed by atoms with Crippen molar-refractivity contribution in [2.45, 2.75) is 75.1 Å². The fraction of sp³-hybridized carbons (Fsp3) is 0.889. The number of rotatable bonds is 8. The van der Waals surface area contributed by atoms with Gasteiger partial charge in [-0.05, 0) is 0 Å². The molecule has 13 heteroatoms. The fourth-order valence-electron chi connectivity index (χ4n) is 3.84. The Hall–Kier alpha value is -1.42. The number of nitrogens with one attached hydrogen (secondary N) is 2. The van der Waals surface area contributed by atoms with Gasteiger partial charge in [-0.15, -0.1) is 0 Å². The van der Waals surface area contributed by atoms with Crippen molar-refractivity contribution in [2.75, 3.05) is 27.4 Å². The molecule has 2 aliphatic heterocycles. The fourth-order valence-corrected chi connectivity index (χ4v) is 3.84. The SMILES string of the molecule is CO[C@@H]1OC(CO)[C@H](O[C@H]2OC(CO)[C@@H](OC)C(O)[C@H]2NC(C)=O)[C@H](O)C1NC(C)=O. The van der Waals surface area contributed by atoms with E-state index in [0.29, 0.717) is 0 Å². The molecule has 2 heterocycles. The van der Waals surface area contributed by atoms with Gasteiger partial charge in [0.1, 0.15) is 48.7 Å². The standard InChI is InChI=1S/C18H32N2O11/c1-7(23)19-11-14(26)16(10(6-22)29-17(11)28-4)31-18-12(20-8(2)24)13(25)15(27-3)9(5-21)30-18/h9-18,21-22,25-26H,5-6H2,1-4H3,(H,19,23)(H,20,24)/t9?,10?,11?,12-,13?,14-,15-,16+,17-,18-/m1/s1. The lowest BCUT2D eigenvalue weighted by atomic mass is 9.94. The van der Waals surface area contributed by atoms with Crippen LogP contribution in [0.5, 0.6) is 0 Å². The number of hydrogen-bond donors (Lipinski definition) is 6. The molecule has 2 rings (SSSR count). The molecule has 2 fully saturated rings. The smallest absolute Gasteiger partial charge is 0.217 e. The average molecular weight is 452 g/mol. The Balaban J connectivity index is 2.30. The van der Waals surface area contributed by atoms with E-state index in [1.54, 1.807) is 0 Å². The van der Waals surface area contributed by atoms with E-state index in [1.165, 1.54) is 28.1 Å². The minimum Gasteiger partial charge on any atom is -0.394 e. The summed E-state index contributed by atoms with van der Waals surface area (Å²) < 4.78 is 27.5. The molecule has 0 spiro atoms. The minimum atomic E-state index is -1.41. The second kappa shape index (κ2) is 11.4. The molecule has 0 bridgehead atoms. The van der Waals surface area contributed by atoms with Gasteiger partial charge >= 0.3 is 0 Å². The summed E-state index contributed by atoms with van der Waals surface area (Å²) >= 11 is 0. The third-order valence-corrected chi connectivity index (χ3v) is 5.24. The van der Waals surface area contributed by atoms with E-state index in [-0.39, 0.29) is 0 Å². The van der Waals surface area contributed by atoms with Crippen molar-refractivity contribution < 1.29 is 53.7 Å². The highest BCUT2D eigenvalue weighted by atomic mass is 16.7.